The SMILES string of the molecule is N=C(N)Cc1cc(Br)cc2c1OCC2. The van der Waals surface area contributed by atoms with Crippen LogP contribution in [0, 0.1) is 5.41 Å². The third-order valence-electron chi connectivity index (χ3n) is 2.21. The van der Waals surface area contributed by atoms with Crippen LogP contribution in [-0.2, 0) is 12.8 Å². The van der Waals surface area contributed by atoms with Crippen LogP contribution in [0.3, 0.4) is 0 Å². The first kappa shape index (κ1) is 9.52. The van der Waals surface area contributed by atoms with Crippen LogP contribution in [0.5, 0.6) is 5.75 Å². The zero-order valence-electron chi connectivity index (χ0n) is 7.64. The Hall–Kier alpha value is -1.03. The summed E-state index contributed by atoms with van der Waals surface area (Å²) in [5.41, 5.74) is 7.58. The van der Waals surface area contributed by atoms with Gasteiger partial charge in [-0.3, -0.25) is 5.41 Å². The maximum Gasteiger partial charge on any atom is 0.126 e. The molecule has 0 bridgehead atoms. The lowest BCUT2D eigenvalue weighted by molar-refractivity contribution is 0.354. The van der Waals surface area contributed by atoms with Crippen molar-refractivity contribution >= 4 is 21.8 Å². The van der Waals surface area contributed by atoms with Gasteiger partial charge < -0.3 is 10.5 Å². The van der Waals surface area contributed by atoms with E-state index < -0.39 is 0 Å². The summed E-state index contributed by atoms with van der Waals surface area (Å²) in [5, 5.41) is 7.27. The number of fused-ring (bicyclic) bond motifs is 1. The highest BCUT2D eigenvalue weighted by Gasteiger charge is 2.17. The van der Waals surface area contributed by atoms with Crippen LogP contribution in [0.1, 0.15) is 11.1 Å². The zero-order chi connectivity index (χ0) is 10.1. The predicted molar refractivity (Wildman–Crippen MR) is 59.0 cm³/mol. The molecule has 4 heteroatoms. The van der Waals surface area contributed by atoms with Gasteiger partial charge in [0.15, 0.2) is 0 Å². The van der Waals surface area contributed by atoms with Gasteiger partial charge >= 0.3 is 0 Å². The fraction of sp³-hybridized carbons (Fsp3) is 0.300. The van der Waals surface area contributed by atoms with Crippen LogP contribution < -0.4 is 10.5 Å². The fourth-order valence-corrected chi connectivity index (χ4v) is 2.24. The molecule has 3 nitrogen and oxygen atoms in total. The van der Waals surface area contributed by atoms with Crippen molar-refractivity contribution < 1.29 is 4.74 Å². The standard InChI is InChI=1S/C10H11BrN2O/c11-8-3-6-1-2-14-10(6)7(4-8)5-9(12)13/h3-4H,1-2,5H2,(H3,12,13). The molecule has 1 aromatic carbocycles. The molecule has 3 N–H and O–H groups in total. The van der Waals surface area contributed by atoms with E-state index in [-0.39, 0.29) is 5.84 Å². The van der Waals surface area contributed by atoms with Gasteiger partial charge in [0.05, 0.1) is 12.4 Å². The number of amidine groups is 1. The molecule has 0 amide bonds. The number of rotatable bonds is 2. The molecular weight excluding hydrogens is 244 g/mol. The maximum atomic E-state index is 7.27. The lowest BCUT2D eigenvalue weighted by Crippen LogP contribution is -2.13. The summed E-state index contributed by atoms with van der Waals surface area (Å²) in [4.78, 5) is 0. The molecule has 74 valence electrons. The Morgan fingerprint density at radius 3 is 3.07 bits per heavy atom. The molecule has 14 heavy (non-hydrogen) atoms. The van der Waals surface area contributed by atoms with E-state index in [1.165, 1.54) is 5.56 Å². The van der Waals surface area contributed by atoms with E-state index in [2.05, 4.69) is 22.0 Å². The highest BCUT2D eigenvalue weighted by atomic mass is 79.9. The number of benzene rings is 1. The average Bonchev–Trinajstić information content (AvgIpc) is 2.50. The van der Waals surface area contributed by atoms with Gasteiger partial charge in [-0.05, 0) is 17.7 Å². The van der Waals surface area contributed by atoms with Crippen LogP contribution in [0.4, 0.5) is 0 Å². The van der Waals surface area contributed by atoms with Crippen molar-refractivity contribution in [3.8, 4) is 5.75 Å². The quantitative estimate of drug-likeness (QED) is 0.626. The molecule has 0 aliphatic carbocycles. The number of nitrogens with one attached hydrogen (secondary N) is 1. The Kier molecular flexibility index (Phi) is 2.46. The third kappa shape index (κ3) is 1.75. The molecule has 0 aromatic heterocycles. The number of halogens is 1. The van der Waals surface area contributed by atoms with Crippen molar-refractivity contribution in [2.24, 2.45) is 5.73 Å². The van der Waals surface area contributed by atoms with Crippen molar-refractivity contribution in [2.75, 3.05) is 6.61 Å². The minimum atomic E-state index is 0.167. The molecule has 1 aliphatic rings. The number of hydrogen-bond donors (Lipinski definition) is 2. The topological polar surface area (TPSA) is 59.1 Å². The third-order valence-corrected chi connectivity index (χ3v) is 2.66. The van der Waals surface area contributed by atoms with Crippen molar-refractivity contribution in [1.82, 2.24) is 0 Å². The Morgan fingerprint density at radius 2 is 2.36 bits per heavy atom. The van der Waals surface area contributed by atoms with Gasteiger partial charge in [-0.15, -0.1) is 0 Å². The monoisotopic (exact) mass is 254 g/mol. The summed E-state index contributed by atoms with van der Waals surface area (Å²) in [7, 11) is 0. The second-order valence-electron chi connectivity index (χ2n) is 3.35. The van der Waals surface area contributed by atoms with E-state index in [1.54, 1.807) is 0 Å². The maximum absolute atomic E-state index is 7.27. The number of hydrogen-bond acceptors (Lipinski definition) is 2. The molecular formula is C10H11BrN2O. The van der Waals surface area contributed by atoms with Gasteiger partial charge in [0.2, 0.25) is 0 Å². The van der Waals surface area contributed by atoms with E-state index in [9.17, 15) is 0 Å². The molecule has 0 saturated carbocycles. The second-order valence-corrected chi connectivity index (χ2v) is 4.27. The number of ether oxygens (including phenoxy) is 1. The van der Waals surface area contributed by atoms with Gasteiger partial charge in [-0.2, -0.15) is 0 Å². The van der Waals surface area contributed by atoms with Gasteiger partial charge in [-0.1, -0.05) is 15.9 Å². The van der Waals surface area contributed by atoms with Crippen LogP contribution in [0.15, 0.2) is 16.6 Å². The first-order valence-corrected chi connectivity index (χ1v) is 5.23. The van der Waals surface area contributed by atoms with E-state index in [4.69, 9.17) is 15.9 Å². The minimum Gasteiger partial charge on any atom is -0.493 e. The Bertz CT molecular complexity index is 390. The lowest BCUT2D eigenvalue weighted by Gasteiger charge is -2.07. The number of nitrogens with two attached hydrogens (primary N) is 1. The van der Waals surface area contributed by atoms with Gasteiger partial charge in [0.25, 0.3) is 0 Å². The van der Waals surface area contributed by atoms with Crippen LogP contribution in [0.25, 0.3) is 0 Å². The lowest BCUT2D eigenvalue weighted by atomic mass is 10.1. The molecule has 2 rings (SSSR count). The predicted octanol–water partition coefficient (Wildman–Crippen LogP) is 1.86. The highest BCUT2D eigenvalue weighted by Crippen LogP contribution is 2.33. The first-order valence-electron chi connectivity index (χ1n) is 4.44. The summed E-state index contributed by atoms with van der Waals surface area (Å²) in [5.74, 6) is 1.09. The highest BCUT2D eigenvalue weighted by molar-refractivity contribution is 9.10. The summed E-state index contributed by atoms with van der Waals surface area (Å²) >= 11 is 3.44. The molecule has 0 saturated heterocycles. The van der Waals surface area contributed by atoms with Crippen molar-refractivity contribution in [2.45, 2.75) is 12.8 Å². The molecule has 0 fully saturated rings. The zero-order valence-corrected chi connectivity index (χ0v) is 9.23. The molecule has 0 radical (unpaired) electrons. The van der Waals surface area contributed by atoms with E-state index in [0.717, 1.165) is 28.8 Å². The summed E-state index contributed by atoms with van der Waals surface area (Å²) in [6.45, 7) is 0.733. The Morgan fingerprint density at radius 1 is 1.57 bits per heavy atom. The van der Waals surface area contributed by atoms with E-state index >= 15 is 0 Å². The molecule has 1 aliphatic heterocycles. The van der Waals surface area contributed by atoms with Crippen molar-refractivity contribution in [1.29, 1.82) is 5.41 Å². The fourth-order valence-electron chi connectivity index (χ4n) is 1.68. The smallest absolute Gasteiger partial charge is 0.126 e. The van der Waals surface area contributed by atoms with Crippen molar-refractivity contribution in [3.63, 3.8) is 0 Å². The summed E-state index contributed by atoms with van der Waals surface area (Å²) < 4.78 is 6.54. The Labute approximate surface area is 90.9 Å². The molecule has 0 unspecified atom stereocenters. The van der Waals surface area contributed by atoms with Gasteiger partial charge in [0.1, 0.15) is 5.75 Å². The van der Waals surface area contributed by atoms with Gasteiger partial charge in [0, 0.05) is 22.9 Å². The summed E-state index contributed by atoms with van der Waals surface area (Å²) in [6, 6.07) is 4.03. The molecule has 1 heterocycles. The normalized spacial score (nSPS) is 13.5. The second kappa shape index (κ2) is 3.61. The molecule has 0 spiro atoms. The van der Waals surface area contributed by atoms with Crippen LogP contribution in [0.2, 0.25) is 0 Å². The summed E-state index contributed by atoms with van der Waals surface area (Å²) in [6.07, 6.45) is 1.40. The van der Waals surface area contributed by atoms with Crippen molar-refractivity contribution in [3.05, 3.63) is 27.7 Å². The van der Waals surface area contributed by atoms with E-state index in [1.807, 2.05) is 6.07 Å². The molecule has 0 atom stereocenters. The van der Waals surface area contributed by atoms with Crippen LogP contribution in [-0.4, -0.2) is 12.4 Å². The Balaban J connectivity index is 2.43. The van der Waals surface area contributed by atoms with E-state index in [0.29, 0.717) is 6.42 Å². The minimum absolute atomic E-state index is 0.167. The largest absolute Gasteiger partial charge is 0.493 e. The molecule has 1 aromatic rings. The van der Waals surface area contributed by atoms with Crippen LogP contribution >= 0.6 is 15.9 Å². The average molecular weight is 255 g/mol. The van der Waals surface area contributed by atoms with Gasteiger partial charge in [-0.25, -0.2) is 0 Å². The first-order chi connectivity index (χ1) is 6.66.